The molecule has 0 aliphatic carbocycles. The monoisotopic (exact) mass is 211 g/mol. The molecule has 0 spiro atoms. The summed E-state index contributed by atoms with van der Waals surface area (Å²) in [4.78, 5) is 11.6. The molecule has 3 heterocycles. The molecule has 74 valence electrons. The lowest BCUT2D eigenvalue weighted by atomic mass is 10.4. The second kappa shape index (κ2) is 2.78. The zero-order valence-electron chi connectivity index (χ0n) is 7.63. The SMILES string of the molecule is N#Cc1nc2nc3nc(C#N)oc3cc2o1. The van der Waals surface area contributed by atoms with Crippen LogP contribution in [-0.2, 0) is 0 Å². The summed E-state index contributed by atoms with van der Waals surface area (Å²) in [6.07, 6.45) is 0. The van der Waals surface area contributed by atoms with Gasteiger partial charge in [-0.3, -0.25) is 0 Å². The zero-order chi connectivity index (χ0) is 11.1. The summed E-state index contributed by atoms with van der Waals surface area (Å²) in [5.74, 6) is -0.147. The Morgan fingerprint density at radius 1 is 0.875 bits per heavy atom. The van der Waals surface area contributed by atoms with E-state index >= 15 is 0 Å². The first-order valence-corrected chi connectivity index (χ1v) is 4.18. The van der Waals surface area contributed by atoms with Gasteiger partial charge in [-0.1, -0.05) is 0 Å². The highest BCUT2D eigenvalue weighted by Crippen LogP contribution is 2.20. The van der Waals surface area contributed by atoms with Gasteiger partial charge in [-0.2, -0.15) is 20.5 Å². The second-order valence-corrected chi connectivity index (χ2v) is 2.89. The van der Waals surface area contributed by atoms with Gasteiger partial charge in [-0.05, 0) is 0 Å². The zero-order valence-corrected chi connectivity index (χ0v) is 7.63. The Hall–Kier alpha value is -2.93. The lowest BCUT2D eigenvalue weighted by Gasteiger charge is -1.83. The molecule has 0 fully saturated rings. The fraction of sp³-hybridized carbons (Fsp3) is 0. The lowest BCUT2D eigenvalue weighted by molar-refractivity contribution is 0.574. The first-order chi connectivity index (χ1) is 7.80. The molecule has 7 nitrogen and oxygen atoms in total. The van der Waals surface area contributed by atoms with Crippen LogP contribution in [0.3, 0.4) is 0 Å². The lowest BCUT2D eigenvalue weighted by Crippen LogP contribution is -1.79. The third kappa shape index (κ3) is 1.03. The average Bonchev–Trinajstić information content (AvgIpc) is 2.86. The summed E-state index contributed by atoms with van der Waals surface area (Å²) in [7, 11) is 0. The molecular formula is C9HN5O2. The molecule has 0 atom stereocenters. The van der Waals surface area contributed by atoms with Crippen LogP contribution >= 0.6 is 0 Å². The van der Waals surface area contributed by atoms with Crippen molar-refractivity contribution < 1.29 is 8.83 Å². The van der Waals surface area contributed by atoms with Crippen molar-refractivity contribution >= 4 is 22.5 Å². The third-order valence-corrected chi connectivity index (χ3v) is 1.93. The standard InChI is InChI=1S/C9HN5O2/c10-2-6-12-8-4(15-6)1-5-9(14-8)13-7(3-11)16-5/h1H. The Balaban J connectivity index is 2.39. The number of oxazole rings is 2. The minimum Gasteiger partial charge on any atom is -0.427 e. The summed E-state index contributed by atoms with van der Waals surface area (Å²) >= 11 is 0. The molecule has 0 aliphatic rings. The molecule has 0 bridgehead atoms. The number of hydrogen-bond donors (Lipinski definition) is 0. The van der Waals surface area contributed by atoms with Crippen LogP contribution in [-0.4, -0.2) is 15.0 Å². The van der Waals surface area contributed by atoms with E-state index in [1.165, 1.54) is 6.07 Å². The number of nitriles is 2. The molecule has 16 heavy (non-hydrogen) atoms. The van der Waals surface area contributed by atoms with Crippen molar-refractivity contribution in [1.29, 1.82) is 10.5 Å². The molecule has 0 saturated carbocycles. The van der Waals surface area contributed by atoms with Crippen molar-refractivity contribution in [3.05, 3.63) is 17.8 Å². The van der Waals surface area contributed by atoms with Crippen LogP contribution in [0.15, 0.2) is 14.9 Å². The van der Waals surface area contributed by atoms with E-state index in [1.54, 1.807) is 12.1 Å². The Kier molecular flexibility index (Phi) is 1.46. The van der Waals surface area contributed by atoms with Crippen LogP contribution in [0.25, 0.3) is 22.5 Å². The van der Waals surface area contributed by atoms with Gasteiger partial charge in [0.1, 0.15) is 0 Å². The topological polar surface area (TPSA) is 113 Å². The van der Waals surface area contributed by atoms with Gasteiger partial charge in [0.25, 0.3) is 0 Å². The number of nitrogens with zero attached hydrogens (tertiary/aromatic N) is 5. The van der Waals surface area contributed by atoms with E-state index in [-0.39, 0.29) is 23.1 Å². The average molecular weight is 211 g/mol. The molecule has 0 saturated heterocycles. The van der Waals surface area contributed by atoms with Gasteiger partial charge in [-0.15, -0.1) is 0 Å². The molecule has 0 N–H and O–H groups in total. The summed E-state index contributed by atoms with van der Waals surface area (Å²) in [5, 5.41) is 17.2. The van der Waals surface area contributed by atoms with Crippen LogP contribution in [0.2, 0.25) is 0 Å². The minimum atomic E-state index is -0.0735. The Morgan fingerprint density at radius 2 is 1.38 bits per heavy atom. The summed E-state index contributed by atoms with van der Waals surface area (Å²) in [6, 6.07) is 5.03. The Labute approximate surface area is 87.6 Å². The van der Waals surface area contributed by atoms with E-state index in [1.807, 2.05) is 0 Å². The highest BCUT2D eigenvalue weighted by Gasteiger charge is 2.12. The Morgan fingerprint density at radius 3 is 1.81 bits per heavy atom. The van der Waals surface area contributed by atoms with Gasteiger partial charge < -0.3 is 8.83 Å². The largest absolute Gasteiger partial charge is 0.427 e. The molecular weight excluding hydrogens is 210 g/mol. The van der Waals surface area contributed by atoms with E-state index in [9.17, 15) is 0 Å². The number of aromatic nitrogens is 3. The molecule has 3 aromatic rings. The van der Waals surface area contributed by atoms with E-state index in [4.69, 9.17) is 19.4 Å². The van der Waals surface area contributed by atoms with Gasteiger partial charge in [0.05, 0.1) is 0 Å². The van der Waals surface area contributed by atoms with Crippen LogP contribution < -0.4 is 0 Å². The second-order valence-electron chi connectivity index (χ2n) is 2.89. The minimum absolute atomic E-state index is 0.0735. The molecule has 0 aliphatic heterocycles. The maximum absolute atomic E-state index is 8.59. The van der Waals surface area contributed by atoms with E-state index in [0.717, 1.165) is 0 Å². The fourth-order valence-corrected chi connectivity index (χ4v) is 1.31. The van der Waals surface area contributed by atoms with Crippen molar-refractivity contribution in [2.75, 3.05) is 0 Å². The first kappa shape index (κ1) is 8.38. The van der Waals surface area contributed by atoms with Crippen molar-refractivity contribution in [1.82, 2.24) is 15.0 Å². The molecule has 0 unspecified atom stereocenters. The summed E-state index contributed by atoms with van der Waals surface area (Å²) in [6.45, 7) is 0. The number of hydrogen-bond acceptors (Lipinski definition) is 7. The molecule has 0 radical (unpaired) electrons. The summed E-state index contributed by atoms with van der Waals surface area (Å²) in [5.41, 5.74) is 1.18. The number of fused-ring (bicyclic) bond motifs is 2. The third-order valence-electron chi connectivity index (χ3n) is 1.93. The van der Waals surface area contributed by atoms with Crippen LogP contribution in [0.4, 0.5) is 0 Å². The predicted octanol–water partition coefficient (Wildman–Crippen LogP) is 1.11. The van der Waals surface area contributed by atoms with Gasteiger partial charge in [0.2, 0.25) is 11.3 Å². The Bertz CT molecular complexity index is 671. The summed E-state index contributed by atoms with van der Waals surface area (Å²) < 4.78 is 10.1. The molecule has 0 amide bonds. The van der Waals surface area contributed by atoms with Crippen LogP contribution in [0.5, 0.6) is 0 Å². The van der Waals surface area contributed by atoms with E-state index in [0.29, 0.717) is 11.2 Å². The van der Waals surface area contributed by atoms with Crippen molar-refractivity contribution in [2.24, 2.45) is 0 Å². The van der Waals surface area contributed by atoms with Gasteiger partial charge in [0, 0.05) is 6.07 Å². The number of rotatable bonds is 0. The van der Waals surface area contributed by atoms with Gasteiger partial charge in [0.15, 0.2) is 23.3 Å². The number of pyridine rings is 1. The highest BCUT2D eigenvalue weighted by atomic mass is 16.4. The van der Waals surface area contributed by atoms with E-state index in [2.05, 4.69) is 15.0 Å². The quantitative estimate of drug-likeness (QED) is 0.547. The molecule has 0 aromatic carbocycles. The molecule has 3 rings (SSSR count). The predicted molar refractivity (Wildman–Crippen MR) is 48.8 cm³/mol. The smallest absolute Gasteiger partial charge is 0.303 e. The van der Waals surface area contributed by atoms with Crippen molar-refractivity contribution in [2.45, 2.75) is 0 Å². The fourth-order valence-electron chi connectivity index (χ4n) is 1.31. The van der Waals surface area contributed by atoms with E-state index < -0.39 is 0 Å². The van der Waals surface area contributed by atoms with Crippen molar-refractivity contribution in [3.8, 4) is 12.1 Å². The van der Waals surface area contributed by atoms with Crippen LogP contribution in [0, 0.1) is 22.7 Å². The van der Waals surface area contributed by atoms with Crippen LogP contribution in [0.1, 0.15) is 11.8 Å². The molecule has 3 aromatic heterocycles. The highest BCUT2D eigenvalue weighted by molar-refractivity contribution is 5.82. The van der Waals surface area contributed by atoms with Gasteiger partial charge in [-0.25, -0.2) is 4.98 Å². The maximum Gasteiger partial charge on any atom is 0.303 e. The first-order valence-electron chi connectivity index (χ1n) is 4.18. The molecule has 7 heteroatoms. The van der Waals surface area contributed by atoms with Crippen molar-refractivity contribution in [3.63, 3.8) is 0 Å². The maximum atomic E-state index is 8.59. The normalized spacial score (nSPS) is 10.4. The van der Waals surface area contributed by atoms with Gasteiger partial charge >= 0.3 is 11.8 Å².